The Bertz CT molecular complexity index is 392. The summed E-state index contributed by atoms with van der Waals surface area (Å²) < 4.78 is 10.4. The highest BCUT2D eigenvalue weighted by Gasteiger charge is 2.06. The second-order valence-corrected chi connectivity index (χ2v) is 4.11. The standard InChI is InChI=1S/C14H22N2O3/c1-3-16(4-2)8-9-18-14(17)11-19-13-7-5-6-12(15)10-13/h5-7,10H,3-4,8-9,11,15H2,1-2H3. The van der Waals surface area contributed by atoms with Crippen molar-refractivity contribution in [2.45, 2.75) is 13.8 Å². The molecule has 5 nitrogen and oxygen atoms in total. The first kappa shape index (κ1) is 15.3. The molecular weight excluding hydrogens is 244 g/mol. The van der Waals surface area contributed by atoms with E-state index in [0.29, 0.717) is 18.0 Å². The van der Waals surface area contributed by atoms with E-state index in [1.165, 1.54) is 0 Å². The highest BCUT2D eigenvalue weighted by atomic mass is 16.6. The molecule has 0 unspecified atom stereocenters. The van der Waals surface area contributed by atoms with Crippen molar-refractivity contribution in [3.63, 3.8) is 0 Å². The molecule has 19 heavy (non-hydrogen) atoms. The molecule has 0 bridgehead atoms. The molecular formula is C14H22N2O3. The van der Waals surface area contributed by atoms with Gasteiger partial charge in [0.2, 0.25) is 0 Å². The molecule has 106 valence electrons. The van der Waals surface area contributed by atoms with Crippen LogP contribution in [0, 0.1) is 0 Å². The molecule has 2 N–H and O–H groups in total. The predicted octanol–water partition coefficient (Wildman–Crippen LogP) is 1.53. The second-order valence-electron chi connectivity index (χ2n) is 4.11. The lowest BCUT2D eigenvalue weighted by Gasteiger charge is -2.17. The van der Waals surface area contributed by atoms with Gasteiger partial charge in [-0.1, -0.05) is 19.9 Å². The van der Waals surface area contributed by atoms with E-state index in [-0.39, 0.29) is 12.6 Å². The minimum Gasteiger partial charge on any atom is -0.482 e. The fraction of sp³-hybridized carbons (Fsp3) is 0.500. The van der Waals surface area contributed by atoms with E-state index in [1.54, 1.807) is 24.3 Å². The summed E-state index contributed by atoms with van der Waals surface area (Å²) >= 11 is 0. The van der Waals surface area contributed by atoms with Crippen molar-refractivity contribution in [3.05, 3.63) is 24.3 Å². The van der Waals surface area contributed by atoms with Crippen LogP contribution in [0.4, 0.5) is 5.69 Å². The molecule has 0 radical (unpaired) electrons. The first-order valence-electron chi connectivity index (χ1n) is 6.52. The van der Waals surface area contributed by atoms with Gasteiger partial charge in [-0.25, -0.2) is 4.79 Å². The summed E-state index contributed by atoms with van der Waals surface area (Å²) in [5, 5.41) is 0. The van der Waals surface area contributed by atoms with Gasteiger partial charge in [-0.2, -0.15) is 0 Å². The highest BCUT2D eigenvalue weighted by molar-refractivity contribution is 5.71. The number of nitrogens with two attached hydrogens (primary N) is 1. The zero-order valence-corrected chi connectivity index (χ0v) is 11.6. The van der Waals surface area contributed by atoms with Gasteiger partial charge in [0.05, 0.1) is 0 Å². The number of anilines is 1. The van der Waals surface area contributed by atoms with Crippen molar-refractivity contribution in [1.82, 2.24) is 4.90 Å². The van der Waals surface area contributed by atoms with Crippen molar-refractivity contribution < 1.29 is 14.3 Å². The predicted molar refractivity (Wildman–Crippen MR) is 75.1 cm³/mol. The molecule has 0 amide bonds. The van der Waals surface area contributed by atoms with Gasteiger partial charge in [-0.15, -0.1) is 0 Å². The van der Waals surface area contributed by atoms with Crippen LogP contribution in [0.3, 0.4) is 0 Å². The van der Waals surface area contributed by atoms with Crippen LogP contribution in [0.15, 0.2) is 24.3 Å². The van der Waals surface area contributed by atoms with Gasteiger partial charge in [0.25, 0.3) is 0 Å². The number of carbonyl (C=O) groups excluding carboxylic acids is 1. The fourth-order valence-corrected chi connectivity index (χ4v) is 1.62. The van der Waals surface area contributed by atoms with Gasteiger partial charge < -0.3 is 20.1 Å². The molecule has 0 aromatic heterocycles. The second kappa shape index (κ2) is 8.37. The molecule has 0 aliphatic rings. The Morgan fingerprint density at radius 1 is 1.32 bits per heavy atom. The number of nitrogen functional groups attached to an aromatic ring is 1. The summed E-state index contributed by atoms with van der Waals surface area (Å²) in [6.45, 7) is 7.10. The molecule has 0 aliphatic heterocycles. The van der Waals surface area contributed by atoms with Crippen molar-refractivity contribution in [1.29, 1.82) is 0 Å². The van der Waals surface area contributed by atoms with Crippen LogP contribution in [0.1, 0.15) is 13.8 Å². The number of nitrogens with zero attached hydrogens (tertiary/aromatic N) is 1. The third-order valence-corrected chi connectivity index (χ3v) is 2.78. The molecule has 0 heterocycles. The summed E-state index contributed by atoms with van der Waals surface area (Å²) in [5.41, 5.74) is 6.21. The summed E-state index contributed by atoms with van der Waals surface area (Å²) in [5.74, 6) is 0.204. The van der Waals surface area contributed by atoms with E-state index in [1.807, 2.05) is 0 Å². The van der Waals surface area contributed by atoms with Crippen LogP contribution < -0.4 is 10.5 Å². The van der Waals surface area contributed by atoms with E-state index >= 15 is 0 Å². The van der Waals surface area contributed by atoms with Crippen molar-refractivity contribution in [2.24, 2.45) is 0 Å². The third kappa shape index (κ3) is 6.10. The fourth-order valence-electron chi connectivity index (χ4n) is 1.62. The minimum absolute atomic E-state index is 0.0955. The normalized spacial score (nSPS) is 10.5. The molecule has 1 aromatic carbocycles. The summed E-state index contributed by atoms with van der Waals surface area (Å²) in [6.07, 6.45) is 0. The lowest BCUT2D eigenvalue weighted by Crippen LogP contribution is -2.28. The lowest BCUT2D eigenvalue weighted by atomic mass is 10.3. The maximum atomic E-state index is 11.5. The Hall–Kier alpha value is -1.75. The molecule has 5 heteroatoms. The molecule has 0 aliphatic carbocycles. The number of carbonyl (C=O) groups is 1. The third-order valence-electron chi connectivity index (χ3n) is 2.78. The molecule has 0 fully saturated rings. The first-order valence-corrected chi connectivity index (χ1v) is 6.52. The van der Waals surface area contributed by atoms with E-state index in [9.17, 15) is 4.79 Å². The quantitative estimate of drug-likeness (QED) is 0.571. The van der Waals surface area contributed by atoms with Crippen LogP contribution >= 0.6 is 0 Å². The topological polar surface area (TPSA) is 64.8 Å². The van der Waals surface area contributed by atoms with Crippen LogP contribution in [-0.4, -0.2) is 43.7 Å². The van der Waals surface area contributed by atoms with Crippen LogP contribution in [-0.2, 0) is 9.53 Å². The molecule has 1 aromatic rings. The highest BCUT2D eigenvalue weighted by Crippen LogP contribution is 2.14. The maximum Gasteiger partial charge on any atom is 0.344 e. The Labute approximate surface area is 114 Å². The van der Waals surface area contributed by atoms with Crippen molar-refractivity contribution in [2.75, 3.05) is 38.6 Å². The number of esters is 1. The molecule has 1 rings (SSSR count). The van der Waals surface area contributed by atoms with Gasteiger partial charge in [0.1, 0.15) is 12.4 Å². The van der Waals surface area contributed by atoms with E-state index < -0.39 is 0 Å². The summed E-state index contributed by atoms with van der Waals surface area (Å²) in [4.78, 5) is 13.6. The number of hydrogen-bond donors (Lipinski definition) is 1. The number of rotatable bonds is 8. The van der Waals surface area contributed by atoms with Crippen LogP contribution in [0.2, 0.25) is 0 Å². The Morgan fingerprint density at radius 3 is 2.68 bits per heavy atom. The van der Waals surface area contributed by atoms with Gasteiger partial charge in [0, 0.05) is 18.3 Å². The Morgan fingerprint density at radius 2 is 2.05 bits per heavy atom. The lowest BCUT2D eigenvalue weighted by molar-refractivity contribution is -0.146. The zero-order chi connectivity index (χ0) is 14.1. The maximum absolute atomic E-state index is 11.5. The number of benzene rings is 1. The Balaban J connectivity index is 2.21. The average Bonchev–Trinajstić information content (AvgIpc) is 2.41. The molecule has 0 saturated heterocycles. The number of ether oxygens (including phenoxy) is 2. The van der Waals surface area contributed by atoms with Gasteiger partial charge in [-0.05, 0) is 25.2 Å². The molecule has 0 spiro atoms. The summed E-state index contributed by atoms with van der Waals surface area (Å²) in [7, 11) is 0. The number of hydrogen-bond acceptors (Lipinski definition) is 5. The van der Waals surface area contributed by atoms with E-state index in [2.05, 4.69) is 18.7 Å². The minimum atomic E-state index is -0.366. The average molecular weight is 266 g/mol. The van der Waals surface area contributed by atoms with Crippen molar-refractivity contribution in [3.8, 4) is 5.75 Å². The van der Waals surface area contributed by atoms with Crippen LogP contribution in [0.5, 0.6) is 5.75 Å². The number of likely N-dealkylation sites (N-methyl/N-ethyl adjacent to an activating group) is 1. The van der Waals surface area contributed by atoms with E-state index in [4.69, 9.17) is 15.2 Å². The van der Waals surface area contributed by atoms with Gasteiger partial charge in [0.15, 0.2) is 6.61 Å². The van der Waals surface area contributed by atoms with Crippen molar-refractivity contribution >= 4 is 11.7 Å². The Kier molecular flexibility index (Phi) is 6.74. The summed E-state index contributed by atoms with van der Waals surface area (Å²) in [6, 6.07) is 6.95. The first-order chi connectivity index (χ1) is 9.15. The van der Waals surface area contributed by atoms with Gasteiger partial charge >= 0.3 is 5.97 Å². The largest absolute Gasteiger partial charge is 0.482 e. The van der Waals surface area contributed by atoms with E-state index in [0.717, 1.165) is 19.6 Å². The smallest absolute Gasteiger partial charge is 0.344 e. The van der Waals surface area contributed by atoms with Crippen LogP contribution in [0.25, 0.3) is 0 Å². The monoisotopic (exact) mass is 266 g/mol. The van der Waals surface area contributed by atoms with Gasteiger partial charge in [-0.3, -0.25) is 0 Å². The molecule has 0 atom stereocenters. The SMILES string of the molecule is CCN(CC)CCOC(=O)COc1cccc(N)c1. The zero-order valence-electron chi connectivity index (χ0n) is 11.6. The molecule has 0 saturated carbocycles.